The molecule has 0 saturated heterocycles. The molecule has 0 unspecified atom stereocenters. The molecule has 2 aromatic rings. The smallest absolute Gasteiger partial charge is 0.382 e. The molecule has 39 heavy (non-hydrogen) atoms. The number of anilines is 2. The van der Waals surface area contributed by atoms with Gasteiger partial charge in [-0.1, -0.05) is 55.3 Å². The van der Waals surface area contributed by atoms with Crippen molar-refractivity contribution in [3.8, 4) is 0 Å². The Bertz CT molecular complexity index is 1290. The lowest BCUT2D eigenvalue weighted by atomic mass is 9.83. The van der Waals surface area contributed by atoms with Gasteiger partial charge in [0.2, 0.25) is 18.0 Å². The van der Waals surface area contributed by atoms with E-state index in [1.807, 2.05) is 48.5 Å². The van der Waals surface area contributed by atoms with Crippen LogP contribution in [0.2, 0.25) is 0 Å². The van der Waals surface area contributed by atoms with Crippen LogP contribution in [0.1, 0.15) is 43.2 Å². The summed E-state index contributed by atoms with van der Waals surface area (Å²) in [5, 5.41) is 5.99. The van der Waals surface area contributed by atoms with Crippen molar-refractivity contribution in [1.82, 2.24) is 5.32 Å². The third-order valence-corrected chi connectivity index (χ3v) is 7.51. The van der Waals surface area contributed by atoms with Crippen LogP contribution in [0.25, 0.3) is 0 Å². The van der Waals surface area contributed by atoms with Crippen LogP contribution in [-0.4, -0.2) is 48.9 Å². The molecule has 4 N–H and O–H groups in total. The molecule has 2 aliphatic heterocycles. The lowest BCUT2D eigenvalue weighted by Gasteiger charge is -2.32. The third kappa shape index (κ3) is 5.91. The van der Waals surface area contributed by atoms with Gasteiger partial charge in [-0.3, -0.25) is 14.4 Å². The van der Waals surface area contributed by atoms with Crippen molar-refractivity contribution in [2.45, 2.75) is 44.4 Å². The number of nitrogens with zero attached hydrogens (tertiary/aromatic N) is 2. The molecular weight excluding hydrogens is 511 g/mol. The fraction of sp³-hybridized carbons (Fsp3) is 0.429. The Morgan fingerprint density at radius 3 is 2.51 bits per heavy atom. The van der Waals surface area contributed by atoms with E-state index in [1.165, 1.54) is 0 Å². The zero-order chi connectivity index (χ0) is 27.7. The zero-order valence-corrected chi connectivity index (χ0v) is 21.2. The molecule has 206 valence electrons. The molecule has 2 aromatic carbocycles. The van der Waals surface area contributed by atoms with Gasteiger partial charge in [0.05, 0.1) is 17.1 Å². The minimum atomic E-state index is -4.49. The van der Waals surface area contributed by atoms with Gasteiger partial charge in [0.25, 0.3) is 5.91 Å². The van der Waals surface area contributed by atoms with Gasteiger partial charge >= 0.3 is 6.18 Å². The molecule has 5 rings (SSSR count). The summed E-state index contributed by atoms with van der Waals surface area (Å²) < 4.78 is 39.0. The number of carbonyl (C=O) groups excluding carboxylic acids is 3. The van der Waals surface area contributed by atoms with Crippen LogP contribution >= 0.6 is 0 Å². The highest BCUT2D eigenvalue weighted by Crippen LogP contribution is 2.40. The van der Waals surface area contributed by atoms with Gasteiger partial charge < -0.3 is 21.3 Å². The molecule has 11 heteroatoms. The van der Waals surface area contributed by atoms with Gasteiger partial charge in [-0.15, -0.1) is 0 Å². The number of hydrogen-bond acceptors (Lipinski definition) is 5. The number of primary amides is 1. The van der Waals surface area contributed by atoms with Crippen molar-refractivity contribution in [2.75, 3.05) is 23.3 Å². The average Bonchev–Trinajstić information content (AvgIpc) is 3.74. The first-order chi connectivity index (χ1) is 18.6. The third-order valence-electron chi connectivity index (χ3n) is 7.51. The predicted octanol–water partition coefficient (Wildman–Crippen LogP) is 3.60. The molecule has 0 spiro atoms. The van der Waals surface area contributed by atoms with Crippen LogP contribution in [0, 0.1) is 17.8 Å². The average molecular weight is 542 g/mol. The summed E-state index contributed by atoms with van der Waals surface area (Å²) in [6.45, 7) is 0.836. The van der Waals surface area contributed by atoms with Gasteiger partial charge in [-0.05, 0) is 24.8 Å². The van der Waals surface area contributed by atoms with Crippen molar-refractivity contribution in [1.29, 1.82) is 0 Å². The number of nitrogens with one attached hydrogen (secondary N) is 2. The molecule has 1 fully saturated rings. The summed E-state index contributed by atoms with van der Waals surface area (Å²) in [6, 6.07) is 14.8. The molecule has 0 aromatic heterocycles. The molecule has 0 bridgehead atoms. The Hall–Kier alpha value is -3.89. The zero-order valence-electron chi connectivity index (χ0n) is 21.2. The van der Waals surface area contributed by atoms with Gasteiger partial charge in [0.1, 0.15) is 0 Å². The fourth-order valence-electron chi connectivity index (χ4n) is 5.39. The van der Waals surface area contributed by atoms with E-state index >= 15 is 0 Å². The number of rotatable bonds is 9. The number of carbonyl (C=O) groups is 3. The first-order valence-corrected chi connectivity index (χ1v) is 13.1. The summed E-state index contributed by atoms with van der Waals surface area (Å²) in [4.78, 5) is 46.0. The Balaban J connectivity index is 1.50. The van der Waals surface area contributed by atoms with Crippen LogP contribution in [0.5, 0.6) is 0 Å². The van der Waals surface area contributed by atoms with Crippen molar-refractivity contribution in [2.24, 2.45) is 28.5 Å². The van der Waals surface area contributed by atoms with Gasteiger partial charge in [-0.2, -0.15) is 13.2 Å². The van der Waals surface area contributed by atoms with Crippen LogP contribution in [0.15, 0.2) is 53.5 Å². The second-order valence-electron chi connectivity index (χ2n) is 10.3. The van der Waals surface area contributed by atoms with Crippen molar-refractivity contribution in [3.05, 3.63) is 59.7 Å². The number of benzene rings is 2. The topological polar surface area (TPSA) is 117 Å². The Morgan fingerprint density at radius 1 is 1.10 bits per heavy atom. The monoisotopic (exact) mass is 541 g/mol. The number of aliphatic imine (C=N–C) groups is 1. The maximum Gasteiger partial charge on any atom is 0.389 e. The maximum atomic E-state index is 13.8. The second-order valence-corrected chi connectivity index (χ2v) is 10.3. The fourth-order valence-corrected chi connectivity index (χ4v) is 5.39. The van der Waals surface area contributed by atoms with Crippen LogP contribution < -0.4 is 21.3 Å². The summed E-state index contributed by atoms with van der Waals surface area (Å²) in [5.41, 5.74) is 8.88. The van der Waals surface area contributed by atoms with E-state index in [0.717, 1.165) is 24.1 Å². The lowest BCUT2D eigenvalue weighted by Crippen LogP contribution is -2.52. The molecule has 2 heterocycles. The minimum Gasteiger partial charge on any atom is -0.382 e. The Labute approximate surface area is 223 Å². The van der Waals surface area contributed by atoms with E-state index in [4.69, 9.17) is 10.7 Å². The Morgan fingerprint density at radius 2 is 1.85 bits per heavy atom. The molecular formula is C28H30F3N5O3. The number of amides is 3. The van der Waals surface area contributed by atoms with E-state index < -0.39 is 54.7 Å². The van der Waals surface area contributed by atoms with E-state index in [9.17, 15) is 27.6 Å². The predicted molar refractivity (Wildman–Crippen MR) is 140 cm³/mol. The minimum absolute atomic E-state index is 0.127. The van der Waals surface area contributed by atoms with E-state index in [-0.39, 0.29) is 12.3 Å². The van der Waals surface area contributed by atoms with Crippen molar-refractivity contribution < 1.29 is 27.6 Å². The summed E-state index contributed by atoms with van der Waals surface area (Å²) in [6.07, 6.45) is -5.76. The van der Waals surface area contributed by atoms with Crippen LogP contribution in [-0.2, 0) is 14.4 Å². The highest BCUT2D eigenvalue weighted by Gasteiger charge is 2.42. The van der Waals surface area contributed by atoms with Gasteiger partial charge in [0, 0.05) is 42.5 Å². The van der Waals surface area contributed by atoms with E-state index in [1.54, 1.807) is 4.90 Å². The lowest BCUT2D eigenvalue weighted by molar-refractivity contribution is -0.146. The quantitative estimate of drug-likeness (QED) is 0.450. The molecule has 3 amide bonds. The van der Waals surface area contributed by atoms with E-state index in [0.29, 0.717) is 30.1 Å². The first-order valence-electron chi connectivity index (χ1n) is 13.1. The normalized spacial score (nSPS) is 20.2. The number of para-hydroxylation sites is 1. The number of hydrogen-bond donors (Lipinski definition) is 3. The largest absolute Gasteiger partial charge is 0.389 e. The standard InChI is InChI=1S/C28H30F3N5O3/c29-28(30,31)12-11-18(24(32)37)20(15-16-9-10-16)26(38)35-25-27(39)36-14-13-33-21-8-4-7-19(23(21)36)22(34-25)17-5-2-1-3-6-17/h1-8,16,18,20,25,33H,9-15H2,(H2,32,37)(H,35,38)/t18-,20+,25-/m1/s1. The Kier molecular flexibility index (Phi) is 7.33. The van der Waals surface area contributed by atoms with Crippen LogP contribution in [0.4, 0.5) is 24.5 Å². The van der Waals surface area contributed by atoms with Gasteiger partial charge in [-0.25, -0.2) is 4.99 Å². The van der Waals surface area contributed by atoms with E-state index in [2.05, 4.69) is 10.6 Å². The highest BCUT2D eigenvalue weighted by molar-refractivity contribution is 6.22. The highest BCUT2D eigenvalue weighted by atomic mass is 19.4. The molecule has 8 nitrogen and oxygen atoms in total. The number of nitrogens with two attached hydrogens (primary N) is 1. The second kappa shape index (κ2) is 10.7. The number of alkyl halides is 3. The van der Waals surface area contributed by atoms with Gasteiger partial charge in [0.15, 0.2) is 0 Å². The summed E-state index contributed by atoms with van der Waals surface area (Å²) >= 11 is 0. The first kappa shape index (κ1) is 26.7. The maximum absolute atomic E-state index is 13.8. The summed E-state index contributed by atoms with van der Waals surface area (Å²) in [7, 11) is 0. The molecule has 3 aliphatic rings. The van der Waals surface area contributed by atoms with Crippen molar-refractivity contribution >= 4 is 34.8 Å². The molecule has 1 aliphatic carbocycles. The molecule has 3 atom stereocenters. The number of halogens is 3. The SMILES string of the molecule is NC(=O)[C@H](CCC(F)(F)F)[C@H](CC1CC1)C(=O)N[C@H]1N=C(c2ccccc2)c2cccc3c2N(CCN3)C1=O. The van der Waals surface area contributed by atoms with Crippen LogP contribution in [0.3, 0.4) is 0 Å². The van der Waals surface area contributed by atoms with Crippen molar-refractivity contribution in [3.63, 3.8) is 0 Å². The molecule has 0 radical (unpaired) electrons. The molecule has 1 saturated carbocycles. The summed E-state index contributed by atoms with van der Waals surface area (Å²) in [5.74, 6) is -4.38.